The lowest BCUT2D eigenvalue weighted by Crippen LogP contribution is -2.19. The molecule has 0 aliphatic carbocycles. The molecule has 0 aliphatic heterocycles. The molecule has 1 heterocycles. The Morgan fingerprint density at radius 3 is 2.30 bits per heavy atom. The van der Waals surface area contributed by atoms with Gasteiger partial charge in [0.1, 0.15) is 0 Å². The lowest BCUT2D eigenvalue weighted by molar-refractivity contribution is -0.154. The smallest absolute Gasteiger partial charge is 0.422 e. The van der Waals surface area contributed by atoms with E-state index in [9.17, 15) is 13.2 Å². The van der Waals surface area contributed by atoms with Crippen molar-refractivity contribution in [2.75, 3.05) is 6.61 Å². The van der Waals surface area contributed by atoms with E-state index in [-0.39, 0.29) is 11.3 Å². The normalized spacial score (nSPS) is 12.7. The molecule has 0 aliphatic rings. The molecule has 1 aromatic heterocycles. The number of benzene rings is 1. The Morgan fingerprint density at radius 2 is 1.70 bits per heavy atom. The topological polar surface area (TPSA) is 22.1 Å². The van der Waals surface area contributed by atoms with Crippen LogP contribution in [0.1, 0.15) is 26.3 Å². The average Bonchev–Trinajstić information content (AvgIpc) is 2.33. The molecule has 2 rings (SSSR count). The van der Waals surface area contributed by atoms with E-state index in [2.05, 4.69) is 30.5 Å². The van der Waals surface area contributed by atoms with Crippen molar-refractivity contribution in [3.63, 3.8) is 0 Å². The van der Waals surface area contributed by atoms with E-state index < -0.39 is 12.8 Å². The first-order valence-corrected chi connectivity index (χ1v) is 6.26. The van der Waals surface area contributed by atoms with Gasteiger partial charge < -0.3 is 4.74 Å². The van der Waals surface area contributed by atoms with Gasteiger partial charge in [0, 0.05) is 11.5 Å². The summed E-state index contributed by atoms with van der Waals surface area (Å²) < 4.78 is 41.0. The first-order chi connectivity index (χ1) is 9.15. The Kier molecular flexibility index (Phi) is 3.63. The number of pyridine rings is 1. The maximum Gasteiger partial charge on any atom is 0.422 e. The molecule has 0 saturated carbocycles. The number of nitrogens with zero attached hydrogens (tertiary/aromatic N) is 1. The zero-order chi connectivity index (χ0) is 15.0. The third-order valence-electron chi connectivity index (χ3n) is 2.92. The van der Waals surface area contributed by atoms with Crippen LogP contribution in [-0.4, -0.2) is 17.8 Å². The summed E-state index contributed by atoms with van der Waals surface area (Å²) in [4.78, 5) is 4.13. The van der Waals surface area contributed by atoms with Crippen molar-refractivity contribution < 1.29 is 17.9 Å². The molecule has 0 fully saturated rings. The molecular weight excluding hydrogens is 267 g/mol. The molecule has 1 aromatic carbocycles. The predicted molar refractivity (Wildman–Crippen MR) is 72.0 cm³/mol. The highest BCUT2D eigenvalue weighted by Crippen LogP contribution is 2.26. The lowest BCUT2D eigenvalue weighted by Gasteiger charge is -2.19. The molecule has 20 heavy (non-hydrogen) atoms. The third kappa shape index (κ3) is 3.62. The van der Waals surface area contributed by atoms with E-state index in [1.165, 1.54) is 6.07 Å². The lowest BCUT2D eigenvalue weighted by atomic mass is 9.86. The van der Waals surface area contributed by atoms with Crippen molar-refractivity contribution in [1.29, 1.82) is 0 Å². The average molecular weight is 283 g/mol. The van der Waals surface area contributed by atoms with Crippen molar-refractivity contribution >= 4 is 10.9 Å². The Bertz CT molecular complexity index is 615. The fraction of sp³-hybridized carbons (Fsp3) is 0.400. The minimum absolute atomic E-state index is 0.0131. The number of hydrogen-bond donors (Lipinski definition) is 0. The number of rotatable bonds is 2. The van der Waals surface area contributed by atoms with Crippen LogP contribution in [0.2, 0.25) is 0 Å². The van der Waals surface area contributed by atoms with Gasteiger partial charge in [-0.25, -0.2) is 4.98 Å². The summed E-state index contributed by atoms with van der Waals surface area (Å²) in [5.41, 5.74) is 1.67. The van der Waals surface area contributed by atoms with E-state index in [1.54, 1.807) is 6.07 Å². The minimum Gasteiger partial charge on any atom is -0.468 e. The quantitative estimate of drug-likeness (QED) is 0.811. The van der Waals surface area contributed by atoms with Crippen LogP contribution in [0, 0.1) is 0 Å². The Hall–Kier alpha value is -1.78. The fourth-order valence-corrected chi connectivity index (χ4v) is 1.80. The summed E-state index contributed by atoms with van der Waals surface area (Å²) in [5.74, 6) is -0.0131. The van der Waals surface area contributed by atoms with Gasteiger partial charge in [-0.3, -0.25) is 0 Å². The summed E-state index contributed by atoms with van der Waals surface area (Å²) >= 11 is 0. The molecule has 0 unspecified atom stereocenters. The monoisotopic (exact) mass is 283 g/mol. The van der Waals surface area contributed by atoms with Crippen molar-refractivity contribution in [1.82, 2.24) is 4.98 Å². The first kappa shape index (κ1) is 14.6. The molecule has 2 aromatic rings. The molecule has 0 radical (unpaired) electrons. The van der Waals surface area contributed by atoms with Crippen LogP contribution < -0.4 is 4.74 Å². The van der Waals surface area contributed by atoms with Gasteiger partial charge in [0.15, 0.2) is 6.61 Å². The SMILES string of the molecule is CC(C)(C)c1ccc2ccc(OCC(F)(F)F)nc2c1. The maximum absolute atomic E-state index is 12.1. The molecule has 0 atom stereocenters. The van der Waals surface area contributed by atoms with Crippen LogP contribution in [0.4, 0.5) is 13.2 Å². The highest BCUT2D eigenvalue weighted by molar-refractivity contribution is 5.80. The molecule has 0 bridgehead atoms. The van der Waals surface area contributed by atoms with Gasteiger partial charge >= 0.3 is 6.18 Å². The highest BCUT2D eigenvalue weighted by Gasteiger charge is 2.28. The van der Waals surface area contributed by atoms with Crippen molar-refractivity contribution in [2.45, 2.75) is 32.4 Å². The molecule has 108 valence electrons. The predicted octanol–water partition coefficient (Wildman–Crippen LogP) is 4.47. The summed E-state index contributed by atoms with van der Waals surface area (Å²) in [6, 6.07) is 8.96. The number of aromatic nitrogens is 1. The van der Waals surface area contributed by atoms with Crippen molar-refractivity contribution in [2.24, 2.45) is 0 Å². The third-order valence-corrected chi connectivity index (χ3v) is 2.92. The van der Waals surface area contributed by atoms with Gasteiger partial charge in [0.05, 0.1) is 5.52 Å². The van der Waals surface area contributed by atoms with Crippen LogP contribution in [-0.2, 0) is 5.41 Å². The zero-order valence-corrected chi connectivity index (χ0v) is 11.6. The second-order valence-corrected chi connectivity index (χ2v) is 5.71. The van der Waals surface area contributed by atoms with E-state index in [4.69, 9.17) is 0 Å². The van der Waals surface area contributed by atoms with Crippen molar-refractivity contribution in [3.05, 3.63) is 35.9 Å². The Labute approximate surface area is 115 Å². The molecule has 0 amide bonds. The molecule has 0 spiro atoms. The van der Waals surface area contributed by atoms with Crippen LogP contribution in [0.15, 0.2) is 30.3 Å². The second kappa shape index (κ2) is 4.96. The van der Waals surface area contributed by atoms with Gasteiger partial charge in [-0.15, -0.1) is 0 Å². The zero-order valence-electron chi connectivity index (χ0n) is 11.6. The standard InChI is InChI=1S/C15H16F3NO/c1-14(2,3)11-6-4-10-5-7-13(19-12(10)8-11)20-9-15(16,17)18/h4-8H,9H2,1-3H3. The number of ether oxygens (including phenoxy) is 1. The van der Waals surface area contributed by atoms with Gasteiger partial charge in [-0.2, -0.15) is 13.2 Å². The first-order valence-electron chi connectivity index (χ1n) is 6.26. The van der Waals surface area contributed by atoms with Crippen molar-refractivity contribution in [3.8, 4) is 5.88 Å². The number of hydrogen-bond acceptors (Lipinski definition) is 2. The summed E-state index contributed by atoms with van der Waals surface area (Å²) in [6.45, 7) is 4.87. The fourth-order valence-electron chi connectivity index (χ4n) is 1.80. The Balaban J connectivity index is 2.32. The van der Waals surface area contributed by atoms with Crippen LogP contribution >= 0.6 is 0 Å². The van der Waals surface area contributed by atoms with Crippen LogP contribution in [0.3, 0.4) is 0 Å². The summed E-state index contributed by atoms with van der Waals surface area (Å²) in [5, 5.41) is 0.873. The molecule has 0 saturated heterocycles. The largest absolute Gasteiger partial charge is 0.468 e. The number of fused-ring (bicyclic) bond motifs is 1. The Morgan fingerprint density at radius 1 is 1.05 bits per heavy atom. The van der Waals surface area contributed by atoms with E-state index in [0.717, 1.165) is 10.9 Å². The van der Waals surface area contributed by atoms with Gasteiger partial charge in [-0.1, -0.05) is 32.9 Å². The maximum atomic E-state index is 12.1. The number of halogens is 3. The van der Waals surface area contributed by atoms with E-state index in [1.807, 2.05) is 18.2 Å². The summed E-state index contributed by atoms with van der Waals surface area (Å²) in [6.07, 6.45) is -4.36. The van der Waals surface area contributed by atoms with Crippen LogP contribution in [0.5, 0.6) is 5.88 Å². The van der Waals surface area contributed by atoms with Crippen LogP contribution in [0.25, 0.3) is 10.9 Å². The summed E-state index contributed by atoms with van der Waals surface area (Å²) in [7, 11) is 0. The number of alkyl halides is 3. The van der Waals surface area contributed by atoms with Gasteiger partial charge in [0.25, 0.3) is 0 Å². The van der Waals surface area contributed by atoms with Gasteiger partial charge in [-0.05, 0) is 23.1 Å². The molecule has 5 heteroatoms. The second-order valence-electron chi connectivity index (χ2n) is 5.71. The van der Waals surface area contributed by atoms with Gasteiger partial charge in [0.2, 0.25) is 5.88 Å². The molecule has 0 N–H and O–H groups in total. The minimum atomic E-state index is -4.36. The van der Waals surface area contributed by atoms with E-state index in [0.29, 0.717) is 5.52 Å². The highest BCUT2D eigenvalue weighted by atomic mass is 19.4. The molecular formula is C15H16F3NO. The molecule has 2 nitrogen and oxygen atoms in total. The van der Waals surface area contributed by atoms with E-state index >= 15 is 0 Å².